The third-order valence-electron chi connectivity index (χ3n) is 2.79. The van der Waals surface area contributed by atoms with E-state index in [9.17, 15) is 4.79 Å². The topological polar surface area (TPSA) is 67.2 Å². The number of carbonyl (C=O) groups is 1. The van der Waals surface area contributed by atoms with Crippen LogP contribution >= 0.6 is 0 Å². The van der Waals surface area contributed by atoms with Crippen molar-refractivity contribution in [2.75, 3.05) is 11.9 Å². The van der Waals surface area contributed by atoms with Crippen LogP contribution < -0.4 is 10.6 Å². The van der Waals surface area contributed by atoms with Gasteiger partial charge in [0.1, 0.15) is 17.2 Å². The van der Waals surface area contributed by atoms with Crippen molar-refractivity contribution in [3.8, 4) is 0 Å². The van der Waals surface area contributed by atoms with Gasteiger partial charge in [-0.25, -0.2) is 4.98 Å². The van der Waals surface area contributed by atoms with Crippen LogP contribution in [0.15, 0.2) is 34.9 Å². The third-order valence-corrected chi connectivity index (χ3v) is 2.79. The smallest absolute Gasteiger partial charge is 0.270 e. The molecule has 0 aliphatic rings. The molecule has 0 aromatic carbocycles. The summed E-state index contributed by atoms with van der Waals surface area (Å²) in [4.78, 5) is 16.1. The van der Waals surface area contributed by atoms with Crippen molar-refractivity contribution < 1.29 is 9.21 Å². The minimum Gasteiger partial charge on any atom is -0.465 e. The van der Waals surface area contributed by atoms with Crippen molar-refractivity contribution in [1.82, 2.24) is 10.3 Å². The number of anilines is 1. The van der Waals surface area contributed by atoms with Gasteiger partial charge in [-0.1, -0.05) is 6.92 Å². The molecule has 5 nitrogen and oxygen atoms in total. The molecule has 0 spiro atoms. The second-order valence-electron chi connectivity index (χ2n) is 4.55. The molecule has 0 fully saturated rings. The van der Waals surface area contributed by atoms with Crippen molar-refractivity contribution in [2.45, 2.75) is 26.8 Å². The number of amides is 1. The molecule has 0 aliphatic carbocycles. The molecule has 1 amide bonds. The number of nitrogens with one attached hydrogen (secondary N) is 2. The highest BCUT2D eigenvalue weighted by atomic mass is 16.3. The zero-order valence-electron chi connectivity index (χ0n) is 11.8. The van der Waals surface area contributed by atoms with Gasteiger partial charge in [-0.3, -0.25) is 4.79 Å². The number of aryl methyl sites for hydroxylation is 1. The van der Waals surface area contributed by atoms with E-state index in [2.05, 4.69) is 22.5 Å². The van der Waals surface area contributed by atoms with Crippen LogP contribution in [0.5, 0.6) is 0 Å². The Balaban J connectivity index is 1.88. The Morgan fingerprint density at radius 2 is 2.15 bits per heavy atom. The quantitative estimate of drug-likeness (QED) is 0.849. The van der Waals surface area contributed by atoms with Crippen molar-refractivity contribution in [1.29, 1.82) is 0 Å². The minimum atomic E-state index is -0.207. The van der Waals surface area contributed by atoms with Gasteiger partial charge in [-0.05, 0) is 37.6 Å². The molecular formula is C15H19N3O2. The van der Waals surface area contributed by atoms with Crippen LogP contribution in [0.3, 0.4) is 0 Å². The molecule has 0 radical (unpaired) electrons. The first kappa shape index (κ1) is 14.1. The van der Waals surface area contributed by atoms with Crippen LogP contribution in [-0.2, 0) is 6.54 Å². The molecule has 0 saturated heterocycles. The van der Waals surface area contributed by atoms with Crippen LogP contribution in [0.25, 0.3) is 0 Å². The maximum Gasteiger partial charge on any atom is 0.270 e. The van der Waals surface area contributed by atoms with Gasteiger partial charge in [-0.2, -0.15) is 0 Å². The lowest BCUT2D eigenvalue weighted by atomic mass is 10.3. The van der Waals surface area contributed by atoms with Gasteiger partial charge in [0, 0.05) is 6.54 Å². The summed E-state index contributed by atoms with van der Waals surface area (Å²) >= 11 is 0. The van der Waals surface area contributed by atoms with Crippen molar-refractivity contribution >= 4 is 11.6 Å². The first-order chi connectivity index (χ1) is 9.69. The Labute approximate surface area is 118 Å². The second kappa shape index (κ2) is 6.75. The molecule has 0 bridgehead atoms. The van der Waals surface area contributed by atoms with E-state index in [-0.39, 0.29) is 5.91 Å². The number of nitrogens with zero attached hydrogens (tertiary/aromatic N) is 1. The number of hydrogen-bond donors (Lipinski definition) is 2. The van der Waals surface area contributed by atoms with Crippen LogP contribution in [-0.4, -0.2) is 17.4 Å². The van der Waals surface area contributed by atoms with Gasteiger partial charge in [-0.15, -0.1) is 0 Å². The maximum absolute atomic E-state index is 11.9. The van der Waals surface area contributed by atoms with E-state index in [4.69, 9.17) is 4.42 Å². The minimum absolute atomic E-state index is 0.207. The third kappa shape index (κ3) is 3.85. The molecule has 20 heavy (non-hydrogen) atoms. The van der Waals surface area contributed by atoms with Gasteiger partial charge < -0.3 is 15.1 Å². The molecule has 0 aliphatic heterocycles. The lowest BCUT2D eigenvalue weighted by molar-refractivity contribution is 0.0943. The van der Waals surface area contributed by atoms with E-state index in [0.717, 1.165) is 30.2 Å². The molecule has 0 saturated carbocycles. The zero-order chi connectivity index (χ0) is 14.4. The summed E-state index contributed by atoms with van der Waals surface area (Å²) in [7, 11) is 0. The molecule has 2 heterocycles. The van der Waals surface area contributed by atoms with E-state index in [0.29, 0.717) is 12.2 Å². The summed E-state index contributed by atoms with van der Waals surface area (Å²) in [5.74, 6) is 1.36. The first-order valence-corrected chi connectivity index (χ1v) is 6.72. The van der Waals surface area contributed by atoms with Crippen LogP contribution in [0.1, 0.15) is 35.4 Å². The summed E-state index contributed by atoms with van der Waals surface area (Å²) in [5, 5.41) is 5.99. The van der Waals surface area contributed by atoms with Gasteiger partial charge in [0.2, 0.25) is 0 Å². The predicted molar refractivity (Wildman–Crippen MR) is 77.6 cm³/mol. The summed E-state index contributed by atoms with van der Waals surface area (Å²) < 4.78 is 5.39. The number of hydrogen-bond acceptors (Lipinski definition) is 4. The summed E-state index contributed by atoms with van der Waals surface area (Å²) in [6, 6.07) is 7.28. The number of rotatable bonds is 6. The van der Waals surface area contributed by atoms with Crippen molar-refractivity contribution in [2.24, 2.45) is 0 Å². The highest BCUT2D eigenvalue weighted by Crippen LogP contribution is 2.08. The van der Waals surface area contributed by atoms with E-state index in [1.807, 2.05) is 25.1 Å². The molecule has 2 aromatic heterocycles. The Morgan fingerprint density at radius 3 is 2.75 bits per heavy atom. The normalized spacial score (nSPS) is 10.3. The number of pyridine rings is 1. The highest BCUT2D eigenvalue weighted by molar-refractivity contribution is 5.92. The monoisotopic (exact) mass is 273 g/mol. The molecule has 2 N–H and O–H groups in total. The van der Waals surface area contributed by atoms with Crippen molar-refractivity contribution in [3.05, 3.63) is 47.7 Å². The summed E-state index contributed by atoms with van der Waals surface area (Å²) in [6.45, 7) is 5.22. The predicted octanol–water partition coefficient (Wildman–Crippen LogP) is 2.73. The zero-order valence-corrected chi connectivity index (χ0v) is 11.8. The van der Waals surface area contributed by atoms with E-state index >= 15 is 0 Å². The maximum atomic E-state index is 11.9. The lowest BCUT2D eigenvalue weighted by Gasteiger charge is -2.06. The van der Waals surface area contributed by atoms with Gasteiger partial charge in [0.05, 0.1) is 18.4 Å². The largest absolute Gasteiger partial charge is 0.465 e. The Bertz CT molecular complexity index is 561. The Kier molecular flexibility index (Phi) is 4.76. The first-order valence-electron chi connectivity index (χ1n) is 6.72. The summed E-state index contributed by atoms with van der Waals surface area (Å²) in [6.07, 6.45) is 2.71. The van der Waals surface area contributed by atoms with Gasteiger partial charge in [0.15, 0.2) is 0 Å². The van der Waals surface area contributed by atoms with E-state index < -0.39 is 0 Å². The lowest BCUT2D eigenvalue weighted by Crippen LogP contribution is -2.23. The fraction of sp³-hybridized carbons (Fsp3) is 0.333. The Morgan fingerprint density at radius 1 is 1.30 bits per heavy atom. The molecular weight excluding hydrogens is 254 g/mol. The van der Waals surface area contributed by atoms with Gasteiger partial charge >= 0.3 is 0 Å². The fourth-order valence-electron chi connectivity index (χ4n) is 1.74. The standard InChI is InChI=1S/C15H19N3O2/c1-3-8-16-12-5-7-14(17-9-12)15(19)18-10-13-6-4-11(2)20-13/h4-7,9,16H,3,8,10H2,1-2H3,(H,18,19). The van der Waals surface area contributed by atoms with Crippen LogP contribution in [0, 0.1) is 6.92 Å². The summed E-state index contributed by atoms with van der Waals surface area (Å²) in [5.41, 5.74) is 1.32. The van der Waals surface area contributed by atoms with Crippen molar-refractivity contribution in [3.63, 3.8) is 0 Å². The second-order valence-corrected chi connectivity index (χ2v) is 4.55. The Hall–Kier alpha value is -2.30. The number of furan rings is 1. The number of carbonyl (C=O) groups excluding carboxylic acids is 1. The molecule has 0 unspecified atom stereocenters. The van der Waals surface area contributed by atoms with E-state index in [1.54, 1.807) is 12.3 Å². The molecule has 2 rings (SSSR count). The average Bonchev–Trinajstić information content (AvgIpc) is 2.89. The van der Waals surface area contributed by atoms with Crippen LogP contribution in [0.2, 0.25) is 0 Å². The van der Waals surface area contributed by atoms with Crippen LogP contribution in [0.4, 0.5) is 5.69 Å². The molecule has 0 atom stereocenters. The average molecular weight is 273 g/mol. The SMILES string of the molecule is CCCNc1ccc(C(=O)NCc2ccc(C)o2)nc1. The van der Waals surface area contributed by atoms with Gasteiger partial charge in [0.25, 0.3) is 5.91 Å². The fourth-order valence-corrected chi connectivity index (χ4v) is 1.74. The highest BCUT2D eigenvalue weighted by Gasteiger charge is 2.08. The molecule has 5 heteroatoms. The molecule has 2 aromatic rings. The van der Waals surface area contributed by atoms with E-state index in [1.165, 1.54) is 0 Å². The number of aromatic nitrogens is 1. The molecule has 106 valence electrons.